The topological polar surface area (TPSA) is 47.5 Å². The number of nitrogens with zero attached hydrogens (tertiary/aromatic N) is 3. The average Bonchev–Trinajstić information content (AvgIpc) is 2.70. The van der Waals surface area contributed by atoms with Gasteiger partial charge in [0.2, 0.25) is 0 Å². The maximum Gasteiger partial charge on any atom is 0.516 e. The van der Waals surface area contributed by atoms with Gasteiger partial charge in [0.15, 0.2) is 0 Å². The Morgan fingerprint density at radius 1 is 1.18 bits per heavy atom. The Hall–Kier alpha value is -1.14. The average molecular weight is 305 g/mol. The second kappa shape index (κ2) is 5.50. The molecule has 22 heavy (non-hydrogen) atoms. The first-order valence-electron chi connectivity index (χ1n) is 9.10. The van der Waals surface area contributed by atoms with E-state index in [9.17, 15) is 0 Å². The molecular formula is C16H26BN3O2. The molecule has 120 valence electrons. The van der Waals surface area contributed by atoms with Crippen LogP contribution in [0.25, 0.3) is 0 Å². The number of hydrogen-bond donors (Lipinski definition) is 0. The predicted molar refractivity (Wildman–Crippen MR) is 88.4 cm³/mol. The van der Waals surface area contributed by atoms with Crippen LogP contribution in [0.4, 0.5) is 5.82 Å². The second-order valence-corrected chi connectivity index (χ2v) is 7.28. The lowest BCUT2D eigenvalue weighted by Gasteiger charge is -2.34. The molecule has 2 aliphatic rings. The van der Waals surface area contributed by atoms with Crippen LogP contribution in [-0.2, 0) is 9.31 Å². The Bertz CT molecular complexity index is 626. The minimum absolute atomic E-state index is 0.0253. The number of rotatable bonds is 2. The van der Waals surface area contributed by atoms with Crippen molar-refractivity contribution in [3.63, 3.8) is 0 Å². The summed E-state index contributed by atoms with van der Waals surface area (Å²) >= 11 is 0. The third-order valence-electron chi connectivity index (χ3n) is 5.10. The zero-order valence-corrected chi connectivity index (χ0v) is 14.1. The van der Waals surface area contributed by atoms with Gasteiger partial charge in [-0.2, -0.15) is 0 Å². The fraction of sp³-hybridized carbons (Fsp3) is 0.750. The summed E-state index contributed by atoms with van der Waals surface area (Å²) in [7, 11) is -0.757. The van der Waals surface area contributed by atoms with Crippen LogP contribution in [0, 0.1) is 0 Å². The molecule has 0 aliphatic carbocycles. The lowest BCUT2D eigenvalue weighted by Crippen LogP contribution is -2.41. The van der Waals surface area contributed by atoms with Crippen LogP contribution in [0.5, 0.6) is 0 Å². The van der Waals surface area contributed by atoms with Crippen LogP contribution in [-0.4, -0.2) is 40.9 Å². The molecule has 5 nitrogen and oxygen atoms in total. The van der Waals surface area contributed by atoms with Crippen molar-refractivity contribution < 1.29 is 12.1 Å². The molecule has 1 unspecified atom stereocenters. The van der Waals surface area contributed by atoms with Crippen molar-refractivity contribution in [1.82, 2.24) is 9.97 Å². The summed E-state index contributed by atoms with van der Waals surface area (Å²) in [4.78, 5) is 10.8. The van der Waals surface area contributed by atoms with E-state index >= 15 is 0 Å². The quantitative estimate of drug-likeness (QED) is 0.784. The lowest BCUT2D eigenvalue weighted by atomic mass is 9.85. The van der Waals surface area contributed by atoms with Crippen molar-refractivity contribution in [3.05, 3.63) is 12.3 Å². The highest BCUT2D eigenvalue weighted by atomic mass is 16.7. The predicted octanol–water partition coefficient (Wildman–Crippen LogP) is 2.15. The molecule has 1 aromatic rings. The molecule has 0 N–H and O–H groups in total. The van der Waals surface area contributed by atoms with Crippen LogP contribution in [0.15, 0.2) is 12.3 Å². The summed E-state index contributed by atoms with van der Waals surface area (Å²) in [6.45, 7) is 10.8. The number of piperidine rings is 1. The van der Waals surface area contributed by atoms with E-state index in [-0.39, 0.29) is 17.9 Å². The Morgan fingerprint density at radius 3 is 2.50 bits per heavy atom. The molecular weight excluding hydrogens is 277 g/mol. The molecule has 0 spiro atoms. The highest BCUT2D eigenvalue weighted by Crippen LogP contribution is 2.36. The molecule has 2 aliphatic heterocycles. The smallest absolute Gasteiger partial charge is 0.398 e. The highest BCUT2D eigenvalue weighted by Gasteiger charge is 2.52. The van der Waals surface area contributed by atoms with E-state index < -0.39 is 18.3 Å². The molecule has 3 rings (SSSR count). The molecule has 2 fully saturated rings. The molecule has 0 bridgehead atoms. The summed E-state index contributed by atoms with van der Waals surface area (Å²) in [6, 6.07) is 0.319. The first-order chi connectivity index (χ1) is 11.1. The summed E-state index contributed by atoms with van der Waals surface area (Å²) in [6.07, 6.45) is 3.46. The summed E-state index contributed by atoms with van der Waals surface area (Å²) in [5, 5.41) is 0. The van der Waals surface area contributed by atoms with Crippen LogP contribution in [0.3, 0.4) is 0 Å². The fourth-order valence-corrected chi connectivity index (χ4v) is 2.87. The number of aromatic nitrogens is 2. The van der Waals surface area contributed by atoms with Gasteiger partial charge < -0.3 is 14.2 Å². The maximum atomic E-state index is 8.29. The normalized spacial score (nSPS) is 28.5. The zero-order valence-electron chi connectivity index (χ0n) is 16.1. The maximum absolute atomic E-state index is 8.29. The van der Waals surface area contributed by atoms with Crippen LogP contribution in [0.2, 0.25) is 0 Å². The van der Waals surface area contributed by atoms with Gasteiger partial charge in [-0.3, -0.25) is 4.98 Å². The van der Waals surface area contributed by atoms with Crippen molar-refractivity contribution in [3.8, 4) is 0 Å². The van der Waals surface area contributed by atoms with Crippen molar-refractivity contribution in [2.45, 2.75) is 71.1 Å². The van der Waals surface area contributed by atoms with E-state index in [4.69, 9.17) is 12.1 Å². The Labute approximate surface area is 136 Å². The fourth-order valence-electron chi connectivity index (χ4n) is 2.87. The van der Waals surface area contributed by atoms with Gasteiger partial charge in [0, 0.05) is 18.8 Å². The molecule has 0 amide bonds. The van der Waals surface area contributed by atoms with Crippen molar-refractivity contribution in [2.24, 2.45) is 0 Å². The molecule has 0 saturated carbocycles. The molecule has 1 aromatic heterocycles. The van der Waals surface area contributed by atoms with Gasteiger partial charge >= 0.3 is 7.12 Å². The van der Waals surface area contributed by atoms with E-state index in [1.807, 2.05) is 27.7 Å². The molecule has 2 saturated heterocycles. The molecule has 0 aromatic carbocycles. The molecule has 0 radical (unpaired) electrons. The minimum Gasteiger partial charge on any atom is -0.398 e. The summed E-state index contributed by atoms with van der Waals surface area (Å²) in [5.74, 6) is 0.493. The van der Waals surface area contributed by atoms with Gasteiger partial charge in [-0.1, -0.05) is 0 Å². The van der Waals surface area contributed by atoms with Gasteiger partial charge in [-0.15, -0.1) is 0 Å². The summed E-state index contributed by atoms with van der Waals surface area (Å²) in [5.41, 5.74) is -0.728. The Morgan fingerprint density at radius 2 is 1.86 bits per heavy atom. The van der Waals surface area contributed by atoms with Gasteiger partial charge in [0.05, 0.1) is 25.7 Å². The first-order valence-corrected chi connectivity index (χ1v) is 8.10. The van der Waals surface area contributed by atoms with Gasteiger partial charge in [-0.25, -0.2) is 4.98 Å². The van der Waals surface area contributed by atoms with Crippen molar-refractivity contribution in [2.75, 3.05) is 11.4 Å². The highest BCUT2D eigenvalue weighted by molar-refractivity contribution is 6.61. The van der Waals surface area contributed by atoms with Gasteiger partial charge in [0.1, 0.15) is 5.82 Å². The van der Waals surface area contributed by atoms with Crippen LogP contribution < -0.4 is 10.5 Å². The second-order valence-electron chi connectivity index (χ2n) is 7.28. The molecule has 6 heteroatoms. The standard InChI is InChI=1S/C16H26BN3O2/c1-12-8-6-7-9-20(12)14-11-18-13(10-19-14)17-21-15(2,3)16(4,5)22-17/h10-12H,6-9H2,1-5H3/i10D,11D. The van der Waals surface area contributed by atoms with Gasteiger partial charge in [0.25, 0.3) is 0 Å². The van der Waals surface area contributed by atoms with E-state index in [1.165, 1.54) is 6.42 Å². The van der Waals surface area contributed by atoms with Crippen LogP contribution in [0.1, 0.15) is 56.6 Å². The van der Waals surface area contributed by atoms with E-state index in [0.717, 1.165) is 19.4 Å². The van der Waals surface area contributed by atoms with Crippen molar-refractivity contribution >= 4 is 18.5 Å². The molecule has 3 heterocycles. The summed E-state index contributed by atoms with van der Waals surface area (Å²) < 4.78 is 28.5. The lowest BCUT2D eigenvalue weighted by molar-refractivity contribution is 0.00578. The largest absolute Gasteiger partial charge is 0.516 e. The SMILES string of the molecule is [2H]c1nc(N2CCCCC2C)c([2H])nc1B1OC(C)(C)C(C)(C)O1. The number of anilines is 1. The van der Waals surface area contributed by atoms with E-state index in [2.05, 4.69) is 21.8 Å². The minimum atomic E-state index is -0.757. The van der Waals surface area contributed by atoms with Crippen LogP contribution >= 0.6 is 0 Å². The Kier molecular flexibility index (Phi) is 3.33. The third-order valence-corrected chi connectivity index (χ3v) is 5.10. The Balaban J connectivity index is 1.91. The first kappa shape index (κ1) is 13.3. The zero-order chi connectivity index (χ0) is 17.7. The number of hydrogen-bond acceptors (Lipinski definition) is 5. The van der Waals surface area contributed by atoms with Gasteiger partial charge in [-0.05, 0) is 53.9 Å². The monoisotopic (exact) mass is 305 g/mol. The third kappa shape index (κ3) is 2.74. The van der Waals surface area contributed by atoms with E-state index in [0.29, 0.717) is 11.9 Å². The van der Waals surface area contributed by atoms with Crippen molar-refractivity contribution in [1.29, 1.82) is 0 Å². The van der Waals surface area contributed by atoms with E-state index in [1.54, 1.807) is 0 Å². The molecule has 1 atom stereocenters.